The Labute approximate surface area is 203 Å². The van der Waals surface area contributed by atoms with E-state index in [1.54, 1.807) is 17.7 Å². The molecule has 6 N–H and O–H groups in total. The zero-order chi connectivity index (χ0) is 25.9. The number of anilines is 1. The SMILES string of the molecule is N=C(N=C([OH2+])c1cnn(CC(=O)NCC(F)(F)F)c1)C1(c2ccc(-c3cnc(N)nc3)cc2)CCC1. The molecule has 1 fully saturated rings. The predicted octanol–water partition coefficient (Wildman–Crippen LogP) is 2.17. The van der Waals surface area contributed by atoms with Crippen molar-refractivity contribution in [3.05, 3.63) is 60.2 Å². The van der Waals surface area contributed by atoms with Crippen molar-refractivity contribution in [1.82, 2.24) is 25.1 Å². The highest BCUT2D eigenvalue weighted by molar-refractivity contribution is 6.04. The van der Waals surface area contributed by atoms with E-state index in [0.717, 1.165) is 27.8 Å². The van der Waals surface area contributed by atoms with Crippen molar-refractivity contribution in [1.29, 1.82) is 5.41 Å². The van der Waals surface area contributed by atoms with Gasteiger partial charge in [-0.2, -0.15) is 18.3 Å². The number of carbonyl (C=O) groups is 1. The van der Waals surface area contributed by atoms with E-state index in [0.29, 0.717) is 12.8 Å². The van der Waals surface area contributed by atoms with Crippen LogP contribution in [0.3, 0.4) is 0 Å². The molecule has 10 nitrogen and oxygen atoms in total. The molecule has 0 aliphatic heterocycles. The number of nitrogen functional groups attached to an aromatic ring is 1. The minimum Gasteiger partial charge on any atom is -0.578 e. The molecule has 0 atom stereocenters. The molecule has 1 saturated carbocycles. The topological polar surface area (TPSA) is 158 Å². The number of hydrogen-bond donors (Lipinski definition) is 3. The Bertz CT molecular complexity index is 1280. The molecule has 0 unspecified atom stereocenters. The molecule has 1 aliphatic rings. The summed E-state index contributed by atoms with van der Waals surface area (Å²) in [5.41, 5.74) is 7.79. The van der Waals surface area contributed by atoms with Crippen LogP contribution in [0.5, 0.6) is 0 Å². The maximum atomic E-state index is 12.2. The Balaban J connectivity index is 1.45. The Morgan fingerprint density at radius 2 is 1.83 bits per heavy atom. The summed E-state index contributed by atoms with van der Waals surface area (Å²) in [4.78, 5) is 23.9. The number of carbonyl (C=O) groups excluding carboxylic acids is 1. The summed E-state index contributed by atoms with van der Waals surface area (Å²) in [6, 6.07) is 7.68. The predicted molar refractivity (Wildman–Crippen MR) is 127 cm³/mol. The summed E-state index contributed by atoms with van der Waals surface area (Å²) in [6.07, 6.45) is 3.73. The molecule has 0 bridgehead atoms. The van der Waals surface area contributed by atoms with Gasteiger partial charge in [-0.3, -0.25) is 14.9 Å². The number of amidine groups is 1. The first-order valence-corrected chi connectivity index (χ1v) is 11.0. The van der Waals surface area contributed by atoms with Crippen LogP contribution in [0.1, 0.15) is 30.4 Å². The zero-order valence-electron chi connectivity index (χ0n) is 19.0. The quantitative estimate of drug-likeness (QED) is 0.257. The molecule has 36 heavy (non-hydrogen) atoms. The van der Waals surface area contributed by atoms with Gasteiger partial charge in [0.05, 0.1) is 11.6 Å². The van der Waals surface area contributed by atoms with Gasteiger partial charge in [0.25, 0.3) is 0 Å². The van der Waals surface area contributed by atoms with Crippen LogP contribution in [0.25, 0.3) is 11.1 Å². The van der Waals surface area contributed by atoms with Crippen molar-refractivity contribution in [2.24, 2.45) is 4.99 Å². The van der Waals surface area contributed by atoms with E-state index >= 15 is 0 Å². The standard InChI is InChI=1S/C23H23F3N8O2/c24-23(25,26)13-31-18(35)12-34-11-16(10-32-34)19(36)33-20(27)22(6-1-7-22)17-4-2-14(3-5-17)15-8-29-21(28)30-9-15/h2-5,8-11H,1,6-7,12-13H2,(H,31,35)(H2,27,33,36)(H2,28,29,30)/p+1. The number of aromatic nitrogens is 4. The lowest BCUT2D eigenvalue weighted by Crippen LogP contribution is -2.41. The normalized spacial score (nSPS) is 15.2. The molecular formula is C23H24F3N8O2+. The molecule has 188 valence electrons. The van der Waals surface area contributed by atoms with E-state index in [9.17, 15) is 18.0 Å². The lowest BCUT2D eigenvalue weighted by Gasteiger charge is -2.41. The fraction of sp³-hybridized carbons (Fsp3) is 0.304. The number of aliphatic imine (C=N–C) groups is 1. The molecule has 0 saturated heterocycles. The van der Waals surface area contributed by atoms with Gasteiger partial charge in [-0.25, -0.2) is 9.97 Å². The fourth-order valence-electron chi connectivity index (χ4n) is 3.92. The number of halogens is 3. The number of nitrogens with one attached hydrogen (secondary N) is 2. The molecule has 0 radical (unpaired) electrons. The average molecular weight is 501 g/mol. The summed E-state index contributed by atoms with van der Waals surface area (Å²) in [7, 11) is 0. The minimum atomic E-state index is -4.51. The summed E-state index contributed by atoms with van der Waals surface area (Å²) in [6.45, 7) is -1.87. The number of amides is 1. The summed E-state index contributed by atoms with van der Waals surface area (Å²) >= 11 is 0. The zero-order valence-corrected chi connectivity index (χ0v) is 19.0. The first-order valence-electron chi connectivity index (χ1n) is 11.0. The number of hydrogen-bond acceptors (Lipinski definition) is 6. The number of nitrogens with two attached hydrogens (primary N) is 1. The maximum Gasteiger partial charge on any atom is 0.405 e. The van der Waals surface area contributed by atoms with Gasteiger partial charge in [-0.1, -0.05) is 30.7 Å². The average Bonchev–Trinajstić information content (AvgIpc) is 3.26. The van der Waals surface area contributed by atoms with Gasteiger partial charge in [0.2, 0.25) is 11.9 Å². The van der Waals surface area contributed by atoms with Crippen LogP contribution in [0.4, 0.5) is 19.1 Å². The third kappa shape index (κ3) is 5.50. The van der Waals surface area contributed by atoms with Gasteiger partial charge in [-0.05, 0) is 24.0 Å². The molecule has 13 heteroatoms. The maximum absolute atomic E-state index is 12.2. The molecule has 4 rings (SSSR count). The molecule has 0 spiro atoms. The van der Waals surface area contributed by atoms with E-state index in [2.05, 4.69) is 20.1 Å². The van der Waals surface area contributed by atoms with E-state index in [4.69, 9.17) is 16.2 Å². The van der Waals surface area contributed by atoms with Crippen LogP contribution in [-0.2, 0) is 16.8 Å². The van der Waals surface area contributed by atoms with Gasteiger partial charge < -0.3 is 16.2 Å². The van der Waals surface area contributed by atoms with Crippen LogP contribution in [-0.4, -0.2) is 55.2 Å². The Morgan fingerprint density at radius 1 is 1.17 bits per heavy atom. The highest BCUT2D eigenvalue weighted by atomic mass is 19.4. The van der Waals surface area contributed by atoms with Crippen molar-refractivity contribution in [3.8, 4) is 11.1 Å². The van der Waals surface area contributed by atoms with Crippen LogP contribution < -0.4 is 11.1 Å². The smallest absolute Gasteiger partial charge is 0.405 e. The number of alkyl halides is 3. The van der Waals surface area contributed by atoms with Gasteiger partial charge in [0.1, 0.15) is 24.5 Å². The lowest BCUT2D eigenvalue weighted by molar-refractivity contribution is -0.138. The third-order valence-electron chi connectivity index (χ3n) is 6.02. The van der Waals surface area contributed by atoms with Crippen molar-refractivity contribution < 1.29 is 23.1 Å². The van der Waals surface area contributed by atoms with Crippen LogP contribution in [0.2, 0.25) is 0 Å². The Kier molecular flexibility index (Phi) is 6.73. The van der Waals surface area contributed by atoms with Crippen LogP contribution in [0, 0.1) is 5.41 Å². The fourth-order valence-corrected chi connectivity index (χ4v) is 3.92. The van der Waals surface area contributed by atoms with Crippen molar-refractivity contribution in [3.63, 3.8) is 0 Å². The van der Waals surface area contributed by atoms with Crippen LogP contribution >= 0.6 is 0 Å². The molecule has 2 aromatic heterocycles. The monoisotopic (exact) mass is 501 g/mol. The Morgan fingerprint density at radius 3 is 2.42 bits per heavy atom. The van der Waals surface area contributed by atoms with Gasteiger partial charge in [0, 0.05) is 24.2 Å². The summed E-state index contributed by atoms with van der Waals surface area (Å²) < 4.78 is 37.8. The van der Waals surface area contributed by atoms with Crippen molar-refractivity contribution in [2.45, 2.75) is 37.4 Å². The lowest BCUT2D eigenvalue weighted by atomic mass is 9.63. The highest BCUT2D eigenvalue weighted by Crippen LogP contribution is 2.45. The molecule has 1 amide bonds. The number of benzene rings is 1. The summed E-state index contributed by atoms with van der Waals surface area (Å²) in [5.74, 6) is -0.848. The van der Waals surface area contributed by atoms with E-state index in [1.807, 2.05) is 24.3 Å². The van der Waals surface area contributed by atoms with Crippen molar-refractivity contribution >= 4 is 23.6 Å². The highest BCUT2D eigenvalue weighted by Gasteiger charge is 2.43. The van der Waals surface area contributed by atoms with Crippen molar-refractivity contribution in [2.75, 3.05) is 12.3 Å². The minimum absolute atomic E-state index is 0.0398. The van der Waals surface area contributed by atoms with Gasteiger partial charge in [0.15, 0.2) is 0 Å². The van der Waals surface area contributed by atoms with E-state index < -0.39 is 30.6 Å². The first-order chi connectivity index (χ1) is 17.1. The second kappa shape index (κ2) is 9.76. The molecule has 3 aromatic rings. The number of rotatable bonds is 7. The second-order valence-electron chi connectivity index (χ2n) is 8.47. The molecule has 1 aliphatic carbocycles. The second-order valence-corrected chi connectivity index (χ2v) is 8.47. The molecule has 2 heterocycles. The first kappa shape index (κ1) is 24.8. The molecular weight excluding hydrogens is 477 g/mol. The van der Waals surface area contributed by atoms with E-state index in [-0.39, 0.29) is 23.2 Å². The summed E-state index contributed by atoms with van der Waals surface area (Å²) in [5, 5.41) is 22.6. The largest absolute Gasteiger partial charge is 0.578 e. The third-order valence-corrected chi connectivity index (χ3v) is 6.02. The number of nitrogens with zero attached hydrogens (tertiary/aromatic N) is 5. The van der Waals surface area contributed by atoms with E-state index in [1.165, 1.54) is 12.4 Å². The molecule has 1 aromatic carbocycles. The van der Waals surface area contributed by atoms with Gasteiger partial charge in [-0.15, -0.1) is 4.99 Å². The van der Waals surface area contributed by atoms with Gasteiger partial charge >= 0.3 is 12.1 Å². The van der Waals surface area contributed by atoms with Crippen LogP contribution in [0.15, 0.2) is 54.0 Å². The Hall–Kier alpha value is -4.29.